The van der Waals surface area contributed by atoms with Crippen molar-refractivity contribution in [3.63, 3.8) is 0 Å². The Labute approximate surface area is 127 Å². The number of carbonyl (C=O) groups excluding carboxylic acids is 1. The number of methoxy groups -OCH3 is 1. The monoisotopic (exact) mass is 300 g/mol. The molecule has 1 heterocycles. The zero-order valence-electron chi connectivity index (χ0n) is 12.3. The van der Waals surface area contributed by atoms with Gasteiger partial charge in [0.15, 0.2) is 0 Å². The molecule has 1 saturated carbocycles. The van der Waals surface area contributed by atoms with Crippen LogP contribution >= 0.6 is 0 Å². The summed E-state index contributed by atoms with van der Waals surface area (Å²) in [4.78, 5) is 27.9. The molecule has 0 atom stereocenters. The van der Waals surface area contributed by atoms with E-state index in [1.165, 1.54) is 0 Å². The maximum absolute atomic E-state index is 12.4. The number of hydrogen-bond acceptors (Lipinski definition) is 4. The van der Waals surface area contributed by atoms with Crippen LogP contribution < -0.4 is 10.1 Å². The molecule has 1 aromatic carbocycles. The van der Waals surface area contributed by atoms with Gasteiger partial charge in [-0.1, -0.05) is 0 Å². The Bertz CT molecular complexity index is 781. The Morgan fingerprint density at radius 3 is 2.64 bits per heavy atom. The van der Waals surface area contributed by atoms with Crippen LogP contribution in [0.4, 0.5) is 0 Å². The zero-order chi connectivity index (χ0) is 15.9. The van der Waals surface area contributed by atoms with Crippen LogP contribution in [0.3, 0.4) is 0 Å². The van der Waals surface area contributed by atoms with Crippen LogP contribution in [0.1, 0.15) is 28.9 Å². The van der Waals surface area contributed by atoms with Crippen molar-refractivity contribution >= 4 is 22.8 Å². The van der Waals surface area contributed by atoms with Crippen LogP contribution in [-0.2, 0) is 4.79 Å². The minimum Gasteiger partial charge on any atom is -0.497 e. The van der Waals surface area contributed by atoms with E-state index in [0.29, 0.717) is 29.8 Å². The molecule has 0 spiro atoms. The molecule has 2 aromatic rings. The van der Waals surface area contributed by atoms with E-state index < -0.39 is 17.4 Å². The third kappa shape index (κ3) is 2.36. The van der Waals surface area contributed by atoms with Gasteiger partial charge in [-0.05, 0) is 38.0 Å². The number of hydrogen-bond donors (Lipinski definition) is 2. The average Bonchev–Trinajstić information content (AvgIpc) is 3.26. The molecule has 0 saturated heterocycles. The number of fused-ring (bicyclic) bond motifs is 1. The molecule has 114 valence electrons. The largest absolute Gasteiger partial charge is 0.497 e. The quantitative estimate of drug-likeness (QED) is 0.900. The van der Waals surface area contributed by atoms with E-state index in [1.807, 2.05) is 6.07 Å². The summed E-state index contributed by atoms with van der Waals surface area (Å²) in [5.41, 5.74) is 0.579. The third-order valence-electron chi connectivity index (χ3n) is 3.97. The number of carboxylic acid groups (broad SMARTS) is 1. The van der Waals surface area contributed by atoms with Crippen LogP contribution in [0.25, 0.3) is 10.9 Å². The van der Waals surface area contributed by atoms with Crippen molar-refractivity contribution < 1.29 is 19.4 Å². The first-order valence-corrected chi connectivity index (χ1v) is 6.96. The Balaban J connectivity index is 1.95. The summed E-state index contributed by atoms with van der Waals surface area (Å²) in [6.07, 6.45) is 0.927. The van der Waals surface area contributed by atoms with Crippen LogP contribution in [0.15, 0.2) is 24.3 Å². The highest BCUT2D eigenvalue weighted by Gasteiger charge is 2.51. The topological polar surface area (TPSA) is 88.5 Å². The van der Waals surface area contributed by atoms with Crippen molar-refractivity contribution in [2.75, 3.05) is 7.11 Å². The SMILES string of the molecule is COc1ccc2cc(C(=O)NC3(C(=O)O)CC3)c(C)nc2c1. The van der Waals surface area contributed by atoms with Crippen LogP contribution in [0.2, 0.25) is 0 Å². The van der Waals surface area contributed by atoms with E-state index in [-0.39, 0.29) is 0 Å². The fraction of sp³-hybridized carbons (Fsp3) is 0.312. The third-order valence-corrected chi connectivity index (χ3v) is 3.97. The smallest absolute Gasteiger partial charge is 0.329 e. The van der Waals surface area contributed by atoms with E-state index in [4.69, 9.17) is 9.84 Å². The Kier molecular flexibility index (Phi) is 3.24. The van der Waals surface area contributed by atoms with Crippen molar-refractivity contribution in [1.82, 2.24) is 10.3 Å². The van der Waals surface area contributed by atoms with Gasteiger partial charge in [-0.3, -0.25) is 9.78 Å². The van der Waals surface area contributed by atoms with Gasteiger partial charge in [0, 0.05) is 11.5 Å². The number of ether oxygens (including phenoxy) is 1. The fourth-order valence-corrected chi connectivity index (χ4v) is 2.40. The highest BCUT2D eigenvalue weighted by Crippen LogP contribution is 2.36. The van der Waals surface area contributed by atoms with E-state index >= 15 is 0 Å². The number of nitrogens with one attached hydrogen (secondary N) is 1. The number of pyridine rings is 1. The highest BCUT2D eigenvalue weighted by atomic mass is 16.5. The molecule has 2 N–H and O–H groups in total. The van der Waals surface area contributed by atoms with Gasteiger partial charge in [-0.2, -0.15) is 0 Å². The minimum atomic E-state index is -1.10. The number of carbonyl (C=O) groups is 2. The second kappa shape index (κ2) is 4.98. The van der Waals surface area contributed by atoms with Crippen molar-refractivity contribution in [3.8, 4) is 5.75 Å². The molecule has 1 amide bonds. The summed E-state index contributed by atoms with van der Waals surface area (Å²) in [6, 6.07) is 7.14. The van der Waals surface area contributed by atoms with Gasteiger partial charge in [0.25, 0.3) is 5.91 Å². The molecule has 1 aliphatic rings. The number of amides is 1. The molecule has 6 heteroatoms. The van der Waals surface area contributed by atoms with E-state index in [2.05, 4.69) is 10.3 Å². The van der Waals surface area contributed by atoms with E-state index in [1.54, 1.807) is 32.2 Å². The molecule has 6 nitrogen and oxygen atoms in total. The second-order valence-electron chi connectivity index (χ2n) is 5.52. The molecule has 22 heavy (non-hydrogen) atoms. The predicted molar refractivity (Wildman–Crippen MR) is 80.1 cm³/mol. The lowest BCUT2D eigenvalue weighted by Crippen LogP contribution is -2.43. The lowest BCUT2D eigenvalue weighted by molar-refractivity contribution is -0.140. The lowest BCUT2D eigenvalue weighted by Gasteiger charge is -2.14. The summed E-state index contributed by atoms with van der Waals surface area (Å²) in [7, 11) is 1.58. The van der Waals surface area contributed by atoms with E-state index in [0.717, 1.165) is 10.9 Å². The number of rotatable bonds is 4. The number of carboxylic acids is 1. The van der Waals surface area contributed by atoms with Gasteiger partial charge in [-0.25, -0.2) is 4.79 Å². The molecule has 1 fully saturated rings. The Morgan fingerprint density at radius 1 is 1.32 bits per heavy atom. The first-order valence-electron chi connectivity index (χ1n) is 6.96. The molecular weight excluding hydrogens is 284 g/mol. The normalized spacial score (nSPS) is 15.4. The van der Waals surface area contributed by atoms with Crippen molar-refractivity contribution in [2.24, 2.45) is 0 Å². The molecule has 0 aliphatic heterocycles. The molecular formula is C16H16N2O4. The maximum atomic E-state index is 12.4. The first-order chi connectivity index (χ1) is 10.4. The molecule has 0 bridgehead atoms. The predicted octanol–water partition coefficient (Wildman–Crippen LogP) is 1.90. The van der Waals surface area contributed by atoms with Crippen LogP contribution in [0.5, 0.6) is 5.75 Å². The van der Waals surface area contributed by atoms with Gasteiger partial charge in [0.1, 0.15) is 11.3 Å². The number of aromatic nitrogens is 1. The summed E-state index contributed by atoms with van der Waals surface area (Å²) >= 11 is 0. The number of benzene rings is 1. The van der Waals surface area contributed by atoms with E-state index in [9.17, 15) is 9.59 Å². The van der Waals surface area contributed by atoms with Gasteiger partial charge in [-0.15, -0.1) is 0 Å². The minimum absolute atomic E-state index is 0.394. The second-order valence-corrected chi connectivity index (χ2v) is 5.52. The van der Waals surface area contributed by atoms with Crippen LogP contribution in [-0.4, -0.2) is 34.6 Å². The molecule has 1 aliphatic carbocycles. The average molecular weight is 300 g/mol. The number of nitrogens with zero attached hydrogens (tertiary/aromatic N) is 1. The number of aryl methyl sites for hydroxylation is 1. The zero-order valence-corrected chi connectivity index (χ0v) is 12.3. The number of aliphatic carboxylic acids is 1. The van der Waals surface area contributed by atoms with Gasteiger partial charge in [0.2, 0.25) is 0 Å². The fourth-order valence-electron chi connectivity index (χ4n) is 2.40. The summed E-state index contributed by atoms with van der Waals surface area (Å²) in [6.45, 7) is 1.73. The molecule has 0 unspecified atom stereocenters. The van der Waals surface area contributed by atoms with Crippen molar-refractivity contribution in [2.45, 2.75) is 25.3 Å². The summed E-state index contributed by atoms with van der Waals surface area (Å²) < 4.78 is 5.16. The van der Waals surface area contributed by atoms with Crippen molar-refractivity contribution in [1.29, 1.82) is 0 Å². The van der Waals surface area contributed by atoms with Crippen LogP contribution in [0, 0.1) is 6.92 Å². The summed E-state index contributed by atoms with van der Waals surface area (Å²) in [5.74, 6) is -0.695. The highest BCUT2D eigenvalue weighted by molar-refractivity contribution is 6.02. The Morgan fingerprint density at radius 2 is 2.05 bits per heavy atom. The molecule has 1 aromatic heterocycles. The summed E-state index contributed by atoms with van der Waals surface area (Å²) in [5, 5.41) is 12.6. The van der Waals surface area contributed by atoms with Crippen molar-refractivity contribution in [3.05, 3.63) is 35.5 Å². The first kappa shape index (κ1) is 14.3. The lowest BCUT2D eigenvalue weighted by atomic mass is 10.1. The van der Waals surface area contributed by atoms with Gasteiger partial charge < -0.3 is 15.2 Å². The Hall–Kier alpha value is -2.63. The van der Waals surface area contributed by atoms with Gasteiger partial charge in [0.05, 0.1) is 23.9 Å². The molecule has 0 radical (unpaired) electrons. The standard InChI is InChI=1S/C16H16N2O4/c1-9-12(14(19)18-16(5-6-16)15(20)21)7-10-3-4-11(22-2)8-13(10)17-9/h3-4,7-8H,5-6H2,1-2H3,(H,18,19)(H,20,21). The molecule has 3 rings (SSSR count). The van der Waals surface area contributed by atoms with Gasteiger partial charge >= 0.3 is 5.97 Å². The maximum Gasteiger partial charge on any atom is 0.329 e.